The van der Waals surface area contributed by atoms with Gasteiger partial charge < -0.3 is 5.11 Å². The van der Waals surface area contributed by atoms with Gasteiger partial charge in [0, 0.05) is 10.7 Å². The molecule has 14 heavy (non-hydrogen) atoms. The molecule has 0 spiro atoms. The Kier molecular flexibility index (Phi) is 2.20. The van der Waals surface area contributed by atoms with Crippen LogP contribution in [0.15, 0.2) is 22.8 Å². The van der Waals surface area contributed by atoms with E-state index in [1.54, 1.807) is 12.1 Å². The van der Waals surface area contributed by atoms with Crippen molar-refractivity contribution < 1.29 is 9.90 Å². The molecule has 0 bridgehead atoms. The van der Waals surface area contributed by atoms with E-state index in [0.29, 0.717) is 10.8 Å². The van der Waals surface area contributed by atoms with Gasteiger partial charge in [0.2, 0.25) is 0 Å². The highest BCUT2D eigenvalue weighted by molar-refractivity contribution is 9.10. The van der Waals surface area contributed by atoms with Crippen LogP contribution in [0.4, 0.5) is 0 Å². The quantitative estimate of drug-likeness (QED) is 0.813. The van der Waals surface area contributed by atoms with Crippen LogP contribution in [0, 0.1) is 0 Å². The fraction of sp³-hybridized carbons (Fsp3) is 0. The smallest absolute Gasteiger partial charge is 0.356 e. The molecule has 0 amide bonds. The highest BCUT2D eigenvalue weighted by Crippen LogP contribution is 2.20. The fourth-order valence-corrected chi connectivity index (χ4v) is 1.93. The molecule has 4 nitrogen and oxygen atoms in total. The predicted molar refractivity (Wildman–Crippen MR) is 54.9 cm³/mol. The highest BCUT2D eigenvalue weighted by Gasteiger charge is 2.10. The molecule has 72 valence electrons. The van der Waals surface area contributed by atoms with E-state index in [2.05, 4.69) is 20.9 Å². The summed E-state index contributed by atoms with van der Waals surface area (Å²) in [6.45, 7) is 0. The first-order chi connectivity index (χ1) is 6.58. The van der Waals surface area contributed by atoms with Crippen molar-refractivity contribution in [3.8, 4) is 0 Å². The molecule has 0 saturated carbocycles. The second kappa shape index (κ2) is 3.25. The van der Waals surface area contributed by atoms with Crippen molar-refractivity contribution in [3.63, 3.8) is 0 Å². The monoisotopic (exact) mass is 274 g/mol. The number of pyridine rings is 1. The van der Waals surface area contributed by atoms with E-state index in [1.165, 1.54) is 10.6 Å². The molecule has 0 atom stereocenters. The van der Waals surface area contributed by atoms with Crippen LogP contribution in [0.5, 0.6) is 0 Å². The molecular formula is C8H4BrClN2O2. The molecular weight excluding hydrogens is 271 g/mol. The third kappa shape index (κ3) is 1.49. The van der Waals surface area contributed by atoms with Crippen LogP contribution < -0.4 is 0 Å². The van der Waals surface area contributed by atoms with Gasteiger partial charge in [-0.05, 0) is 12.1 Å². The first-order valence-corrected chi connectivity index (χ1v) is 4.82. The summed E-state index contributed by atoms with van der Waals surface area (Å²) in [4.78, 5) is 14.5. The Hall–Kier alpha value is -1.07. The Bertz CT molecular complexity index is 523. The van der Waals surface area contributed by atoms with Gasteiger partial charge in [-0.15, -0.1) is 0 Å². The summed E-state index contributed by atoms with van der Waals surface area (Å²) in [6.07, 6.45) is 1.38. The minimum Gasteiger partial charge on any atom is -0.476 e. The van der Waals surface area contributed by atoms with Gasteiger partial charge in [-0.25, -0.2) is 9.78 Å². The van der Waals surface area contributed by atoms with Crippen LogP contribution >= 0.6 is 27.5 Å². The number of hydrogen-bond donors (Lipinski definition) is 1. The van der Waals surface area contributed by atoms with E-state index in [0.717, 1.165) is 4.47 Å². The van der Waals surface area contributed by atoms with Gasteiger partial charge >= 0.3 is 5.97 Å². The summed E-state index contributed by atoms with van der Waals surface area (Å²) in [6, 6.07) is 3.36. The Labute approximate surface area is 92.3 Å². The van der Waals surface area contributed by atoms with Crippen LogP contribution in [0.1, 0.15) is 10.5 Å². The normalized spacial score (nSPS) is 10.7. The topological polar surface area (TPSA) is 54.6 Å². The number of carboxylic acid groups (broad SMARTS) is 1. The zero-order valence-electron chi connectivity index (χ0n) is 6.74. The fourth-order valence-electron chi connectivity index (χ4n) is 1.12. The second-order valence-electron chi connectivity index (χ2n) is 2.66. The SMILES string of the molecule is O=C(O)c1cn2c(Cl)cc(Br)cc2n1. The van der Waals surface area contributed by atoms with Gasteiger partial charge in [-0.2, -0.15) is 0 Å². The zero-order valence-corrected chi connectivity index (χ0v) is 9.08. The minimum atomic E-state index is -1.07. The maximum atomic E-state index is 10.6. The standard InChI is InChI=1S/C8H4BrClN2O2/c9-4-1-6(10)12-3-5(8(13)14)11-7(12)2-4/h1-3H,(H,13,14). The second-order valence-corrected chi connectivity index (χ2v) is 3.96. The Morgan fingerprint density at radius 3 is 2.93 bits per heavy atom. The molecule has 2 aromatic rings. The lowest BCUT2D eigenvalue weighted by Gasteiger charge is -1.96. The predicted octanol–water partition coefficient (Wildman–Crippen LogP) is 2.45. The molecule has 0 radical (unpaired) electrons. The number of fused-ring (bicyclic) bond motifs is 1. The molecule has 0 unspecified atom stereocenters. The summed E-state index contributed by atoms with van der Waals surface area (Å²) in [5, 5.41) is 9.13. The van der Waals surface area contributed by atoms with Crippen LogP contribution in [-0.4, -0.2) is 20.5 Å². The van der Waals surface area contributed by atoms with Crippen molar-refractivity contribution in [2.24, 2.45) is 0 Å². The summed E-state index contributed by atoms with van der Waals surface area (Å²) >= 11 is 9.12. The molecule has 2 aromatic heterocycles. The molecule has 0 aliphatic rings. The molecule has 0 saturated heterocycles. The number of halogens is 2. The average molecular weight is 275 g/mol. The molecule has 0 fully saturated rings. The maximum absolute atomic E-state index is 10.6. The van der Waals surface area contributed by atoms with Gasteiger partial charge in [-0.3, -0.25) is 4.40 Å². The van der Waals surface area contributed by atoms with Crippen LogP contribution in [0.3, 0.4) is 0 Å². The molecule has 6 heteroatoms. The number of carbonyl (C=O) groups is 1. The van der Waals surface area contributed by atoms with Crippen molar-refractivity contribution >= 4 is 39.1 Å². The lowest BCUT2D eigenvalue weighted by Crippen LogP contribution is -1.94. The molecule has 0 aliphatic carbocycles. The van der Waals surface area contributed by atoms with Crippen LogP contribution in [0.25, 0.3) is 5.65 Å². The number of hydrogen-bond acceptors (Lipinski definition) is 2. The van der Waals surface area contributed by atoms with Crippen molar-refractivity contribution in [2.45, 2.75) is 0 Å². The van der Waals surface area contributed by atoms with E-state index in [4.69, 9.17) is 16.7 Å². The largest absolute Gasteiger partial charge is 0.476 e. The molecule has 0 aromatic carbocycles. The van der Waals surface area contributed by atoms with Gasteiger partial charge in [0.15, 0.2) is 5.69 Å². The number of nitrogens with zero attached hydrogens (tertiary/aromatic N) is 2. The molecule has 2 rings (SSSR count). The zero-order chi connectivity index (χ0) is 10.3. The maximum Gasteiger partial charge on any atom is 0.356 e. The highest BCUT2D eigenvalue weighted by atomic mass is 79.9. The Balaban J connectivity index is 2.76. The Morgan fingerprint density at radius 1 is 1.57 bits per heavy atom. The van der Waals surface area contributed by atoms with Gasteiger partial charge in [-0.1, -0.05) is 27.5 Å². The van der Waals surface area contributed by atoms with E-state index in [-0.39, 0.29) is 5.69 Å². The van der Waals surface area contributed by atoms with Gasteiger partial charge in [0.05, 0.1) is 0 Å². The third-order valence-electron chi connectivity index (χ3n) is 1.71. The van der Waals surface area contributed by atoms with Crippen LogP contribution in [-0.2, 0) is 0 Å². The summed E-state index contributed by atoms with van der Waals surface area (Å²) < 4.78 is 2.27. The van der Waals surface area contributed by atoms with Crippen molar-refractivity contribution in [1.29, 1.82) is 0 Å². The Morgan fingerprint density at radius 2 is 2.29 bits per heavy atom. The van der Waals surface area contributed by atoms with E-state index in [9.17, 15) is 4.79 Å². The van der Waals surface area contributed by atoms with Gasteiger partial charge in [0.1, 0.15) is 10.8 Å². The first-order valence-electron chi connectivity index (χ1n) is 3.65. The van der Waals surface area contributed by atoms with E-state index < -0.39 is 5.97 Å². The van der Waals surface area contributed by atoms with E-state index >= 15 is 0 Å². The summed E-state index contributed by atoms with van der Waals surface area (Å²) in [7, 11) is 0. The minimum absolute atomic E-state index is 0.0231. The van der Waals surface area contributed by atoms with Crippen molar-refractivity contribution in [3.05, 3.63) is 33.6 Å². The third-order valence-corrected chi connectivity index (χ3v) is 2.46. The number of aromatic nitrogens is 2. The number of imidazole rings is 1. The average Bonchev–Trinajstić information content (AvgIpc) is 2.47. The van der Waals surface area contributed by atoms with Crippen LogP contribution in [0.2, 0.25) is 5.15 Å². The number of aromatic carboxylic acids is 1. The number of rotatable bonds is 1. The molecule has 2 heterocycles. The molecule has 1 N–H and O–H groups in total. The van der Waals surface area contributed by atoms with E-state index in [1.807, 2.05) is 0 Å². The lowest BCUT2D eigenvalue weighted by atomic mass is 10.5. The first kappa shape index (κ1) is 9.48. The van der Waals surface area contributed by atoms with Gasteiger partial charge in [0.25, 0.3) is 0 Å². The van der Waals surface area contributed by atoms with Crippen molar-refractivity contribution in [1.82, 2.24) is 9.38 Å². The summed E-state index contributed by atoms with van der Waals surface area (Å²) in [5.74, 6) is -1.07. The summed E-state index contributed by atoms with van der Waals surface area (Å²) in [5.41, 5.74) is 0.478. The number of carboxylic acids is 1. The van der Waals surface area contributed by atoms with Crippen molar-refractivity contribution in [2.75, 3.05) is 0 Å². The molecule has 0 aliphatic heterocycles. The lowest BCUT2D eigenvalue weighted by molar-refractivity contribution is 0.0691.